The van der Waals surface area contributed by atoms with Crippen LogP contribution in [0, 0.1) is 4.77 Å². The van der Waals surface area contributed by atoms with Crippen molar-refractivity contribution < 1.29 is 22.3 Å². The van der Waals surface area contributed by atoms with Gasteiger partial charge in [-0.05, 0) is 36.5 Å². The Kier molecular flexibility index (Phi) is 4.45. The van der Waals surface area contributed by atoms with E-state index >= 15 is 0 Å². The first-order valence-electron chi connectivity index (χ1n) is 6.89. The van der Waals surface area contributed by atoms with Crippen LogP contribution in [-0.4, -0.2) is 27.3 Å². The molecule has 25 heavy (non-hydrogen) atoms. The molecule has 0 fully saturated rings. The van der Waals surface area contributed by atoms with Gasteiger partial charge in [-0.1, -0.05) is 0 Å². The van der Waals surface area contributed by atoms with Gasteiger partial charge in [0.1, 0.15) is 5.75 Å². The summed E-state index contributed by atoms with van der Waals surface area (Å²) in [4.78, 5) is 18.9. The van der Waals surface area contributed by atoms with Crippen LogP contribution in [0.2, 0.25) is 0 Å². The minimum atomic E-state index is -4.42. The first-order valence-corrected chi connectivity index (χ1v) is 7.29. The number of aromatic amines is 1. The van der Waals surface area contributed by atoms with Gasteiger partial charge in [-0.2, -0.15) is 13.2 Å². The van der Waals surface area contributed by atoms with Crippen molar-refractivity contribution >= 4 is 12.2 Å². The van der Waals surface area contributed by atoms with E-state index in [2.05, 4.69) is 14.7 Å². The Morgan fingerprint density at radius 3 is 2.56 bits per heavy atom. The molecule has 0 radical (unpaired) electrons. The summed E-state index contributed by atoms with van der Waals surface area (Å²) in [6, 6.07) is 6.80. The smallest absolute Gasteiger partial charge is 0.422 e. The number of nitrogens with zero attached hydrogens (tertiary/aromatic N) is 2. The maximum absolute atomic E-state index is 12.3. The number of hydrogen-bond acceptors (Lipinski definition) is 5. The van der Waals surface area contributed by atoms with E-state index in [-0.39, 0.29) is 10.5 Å². The Hall–Kier alpha value is -2.88. The number of halogens is 3. The third-order valence-electron chi connectivity index (χ3n) is 3.13. The number of ether oxygens (including phenoxy) is 1. The molecule has 6 nitrogen and oxygen atoms in total. The number of oxazole rings is 1. The average Bonchev–Trinajstić information content (AvgIpc) is 3.07. The number of aromatic nitrogens is 3. The fourth-order valence-electron chi connectivity index (χ4n) is 2.08. The van der Waals surface area contributed by atoms with Gasteiger partial charge in [0.25, 0.3) is 5.56 Å². The number of nitrogens with one attached hydrogen (secondary N) is 1. The van der Waals surface area contributed by atoms with Gasteiger partial charge in [0.05, 0.1) is 17.6 Å². The van der Waals surface area contributed by atoms with Crippen LogP contribution in [0.5, 0.6) is 5.75 Å². The maximum Gasteiger partial charge on any atom is 0.422 e. The number of rotatable bonds is 4. The normalized spacial score (nSPS) is 11.5. The molecule has 1 N–H and O–H groups in total. The largest absolute Gasteiger partial charge is 0.484 e. The van der Waals surface area contributed by atoms with Crippen LogP contribution in [0.4, 0.5) is 13.2 Å². The van der Waals surface area contributed by atoms with Crippen molar-refractivity contribution in [3.63, 3.8) is 0 Å². The van der Waals surface area contributed by atoms with Gasteiger partial charge in [-0.25, -0.2) is 4.98 Å². The van der Waals surface area contributed by atoms with Gasteiger partial charge in [-0.3, -0.25) is 9.36 Å². The van der Waals surface area contributed by atoms with Crippen molar-refractivity contribution in [2.45, 2.75) is 6.18 Å². The van der Waals surface area contributed by atoms with Gasteiger partial charge >= 0.3 is 6.18 Å². The second-order valence-electron chi connectivity index (χ2n) is 4.93. The van der Waals surface area contributed by atoms with Crippen molar-refractivity contribution in [3.05, 3.63) is 58.0 Å². The van der Waals surface area contributed by atoms with E-state index in [1.807, 2.05) is 0 Å². The molecule has 1 aromatic carbocycles. The highest BCUT2D eigenvalue weighted by atomic mass is 32.1. The quantitative estimate of drug-likeness (QED) is 0.713. The molecule has 0 bridgehead atoms. The van der Waals surface area contributed by atoms with Crippen LogP contribution in [0.3, 0.4) is 0 Å². The first kappa shape index (κ1) is 17.0. The summed E-state index contributed by atoms with van der Waals surface area (Å²) in [7, 11) is 0. The monoisotopic (exact) mass is 369 g/mol. The molecule has 0 aliphatic carbocycles. The van der Waals surface area contributed by atoms with Gasteiger partial charge in [0, 0.05) is 6.07 Å². The molecular formula is C15H10F3N3O3S. The first-order chi connectivity index (χ1) is 11.8. The topological polar surface area (TPSA) is 73.0 Å². The number of benzene rings is 1. The van der Waals surface area contributed by atoms with Gasteiger partial charge in [-0.15, -0.1) is 0 Å². The molecule has 0 saturated heterocycles. The summed E-state index contributed by atoms with van der Waals surface area (Å²) >= 11 is 5.18. The molecule has 130 valence electrons. The molecule has 2 aromatic heterocycles. The van der Waals surface area contributed by atoms with E-state index in [1.165, 1.54) is 47.5 Å². The summed E-state index contributed by atoms with van der Waals surface area (Å²) in [5, 5.41) is 0. The summed E-state index contributed by atoms with van der Waals surface area (Å²) < 4.78 is 47.5. The minimum Gasteiger partial charge on any atom is -0.484 e. The fraction of sp³-hybridized carbons (Fsp3) is 0.133. The zero-order valence-corrected chi connectivity index (χ0v) is 13.2. The van der Waals surface area contributed by atoms with Crippen molar-refractivity contribution in [2.24, 2.45) is 0 Å². The predicted molar refractivity (Wildman–Crippen MR) is 84.3 cm³/mol. The van der Waals surface area contributed by atoms with Crippen LogP contribution in [0.1, 0.15) is 0 Å². The number of H-pyrrole nitrogens is 1. The predicted octanol–water partition coefficient (Wildman–Crippen LogP) is 3.49. The molecule has 3 aromatic rings. The second-order valence-corrected chi connectivity index (χ2v) is 5.31. The number of alkyl halides is 3. The second kappa shape index (κ2) is 6.55. The van der Waals surface area contributed by atoms with Crippen LogP contribution in [0.25, 0.3) is 17.1 Å². The maximum atomic E-state index is 12.3. The van der Waals surface area contributed by atoms with E-state index in [1.54, 1.807) is 0 Å². The molecule has 0 unspecified atom stereocenters. The summed E-state index contributed by atoms with van der Waals surface area (Å²) in [5.41, 5.74) is 0.322. The van der Waals surface area contributed by atoms with Crippen molar-refractivity contribution in [2.75, 3.05) is 6.61 Å². The molecule has 0 spiro atoms. The lowest BCUT2D eigenvalue weighted by molar-refractivity contribution is -0.153. The molecule has 0 aliphatic heterocycles. The minimum absolute atomic E-state index is 0.0299. The van der Waals surface area contributed by atoms with Crippen molar-refractivity contribution in [1.29, 1.82) is 0 Å². The lowest BCUT2D eigenvalue weighted by Crippen LogP contribution is -2.20. The highest BCUT2D eigenvalue weighted by molar-refractivity contribution is 7.71. The third-order valence-corrected chi connectivity index (χ3v) is 3.41. The Balaban J connectivity index is 1.89. The van der Waals surface area contributed by atoms with E-state index in [0.29, 0.717) is 17.1 Å². The summed E-state index contributed by atoms with van der Waals surface area (Å²) in [6.45, 7) is -1.39. The summed E-state index contributed by atoms with van der Waals surface area (Å²) in [5.74, 6) is 0.383. The van der Waals surface area contributed by atoms with Crippen molar-refractivity contribution in [3.8, 4) is 22.9 Å². The van der Waals surface area contributed by atoms with Gasteiger partial charge < -0.3 is 14.1 Å². The van der Waals surface area contributed by atoms with Crippen LogP contribution >= 0.6 is 12.2 Å². The lowest BCUT2D eigenvalue weighted by Gasteiger charge is -2.11. The van der Waals surface area contributed by atoms with Crippen LogP contribution in [0.15, 0.2) is 52.1 Å². The molecule has 0 saturated carbocycles. The van der Waals surface area contributed by atoms with E-state index in [4.69, 9.17) is 16.6 Å². The standard InChI is InChI=1S/C15H10F3N3O3S/c16-15(17,18)7-23-10-3-1-9(2-4-10)21-13(22)5-11(20-14(21)25)12-6-19-8-24-12/h1-6,8H,7H2,(H,20,25). The molecule has 0 atom stereocenters. The van der Waals surface area contributed by atoms with E-state index < -0.39 is 18.3 Å². The van der Waals surface area contributed by atoms with E-state index in [0.717, 1.165) is 0 Å². The van der Waals surface area contributed by atoms with Crippen LogP contribution < -0.4 is 10.3 Å². The lowest BCUT2D eigenvalue weighted by atomic mass is 10.3. The van der Waals surface area contributed by atoms with Gasteiger partial charge in [0.2, 0.25) is 0 Å². The Labute approximate surface area is 143 Å². The Morgan fingerprint density at radius 1 is 1.28 bits per heavy atom. The summed E-state index contributed by atoms with van der Waals surface area (Å²) in [6.07, 6.45) is -1.77. The third kappa shape index (κ3) is 3.97. The van der Waals surface area contributed by atoms with Gasteiger partial charge in [0.15, 0.2) is 23.5 Å². The molecule has 0 aliphatic rings. The molecular weight excluding hydrogens is 359 g/mol. The highest BCUT2D eigenvalue weighted by Gasteiger charge is 2.28. The highest BCUT2D eigenvalue weighted by Crippen LogP contribution is 2.20. The zero-order valence-electron chi connectivity index (χ0n) is 12.4. The SMILES string of the molecule is O=c1cc(-c2cnco2)[nH]c(=S)n1-c1ccc(OCC(F)(F)F)cc1. The molecule has 3 rings (SSSR count). The van der Waals surface area contributed by atoms with Crippen LogP contribution in [-0.2, 0) is 0 Å². The molecule has 2 heterocycles. The fourth-order valence-corrected chi connectivity index (χ4v) is 2.38. The van der Waals surface area contributed by atoms with Crippen molar-refractivity contribution in [1.82, 2.24) is 14.5 Å². The zero-order chi connectivity index (χ0) is 18.0. The average molecular weight is 369 g/mol. The van der Waals surface area contributed by atoms with E-state index in [9.17, 15) is 18.0 Å². The molecule has 10 heteroatoms. The Bertz CT molecular complexity index is 945. The Morgan fingerprint density at radius 2 is 2.00 bits per heavy atom. The molecule has 0 amide bonds. The number of hydrogen-bond donors (Lipinski definition) is 1.